The molecule has 0 fully saturated rings. The van der Waals surface area contributed by atoms with Crippen LogP contribution >= 0.6 is 0 Å². The van der Waals surface area contributed by atoms with Gasteiger partial charge in [0, 0.05) is 12.8 Å². The number of rotatable bonds is 58. The molecular weight excluding hydrogens is 935 g/mol. The molecule has 0 rings (SSSR count). The topological polar surface area (TPSA) is 111 Å². The minimum atomic E-state index is -1.62. The highest BCUT2D eigenvalue weighted by atomic mass is 16.7. The van der Waals surface area contributed by atoms with E-state index in [9.17, 15) is 19.5 Å². The van der Waals surface area contributed by atoms with Crippen molar-refractivity contribution in [1.29, 1.82) is 0 Å². The molecule has 0 aromatic heterocycles. The Morgan fingerprint density at radius 3 is 1.15 bits per heavy atom. The first-order valence-electron chi connectivity index (χ1n) is 31.4. The van der Waals surface area contributed by atoms with Crippen molar-refractivity contribution in [3.63, 3.8) is 0 Å². The molecule has 0 spiro atoms. The van der Waals surface area contributed by atoms with Crippen LogP contribution in [0.5, 0.6) is 0 Å². The molecule has 0 aromatic rings. The zero-order valence-electron chi connectivity index (χ0n) is 49.7. The van der Waals surface area contributed by atoms with Crippen LogP contribution in [0.1, 0.15) is 284 Å². The number of carbonyl (C=O) groups is 3. The van der Waals surface area contributed by atoms with Gasteiger partial charge in [-0.3, -0.25) is 9.59 Å². The first kappa shape index (κ1) is 72.0. The standard InChI is InChI=1S/C66H119NO8/c1-6-8-10-12-14-16-18-19-20-21-22-23-24-25-26-27-28-29-30-31-32-33-34-35-36-37-38-39-40-41-42-43-44-45-47-49-51-53-55-57-64(69)75-62(61-74-66(65(70)71)72-59-58-67(3,4)5)60-73-63(68)56-54-52-50-48-46-17-15-13-11-9-7-2/h8,10,13-16,19-20,22-23,62,66H,6-7,9,11-12,17-18,21,24-61H2,1-5H3/b10-8-,15-13-,16-14-,20-19-,23-22-. The van der Waals surface area contributed by atoms with E-state index in [4.69, 9.17) is 18.9 Å². The zero-order valence-corrected chi connectivity index (χ0v) is 49.7. The molecule has 0 aliphatic heterocycles. The second kappa shape index (κ2) is 57.2. The van der Waals surface area contributed by atoms with Gasteiger partial charge in [0.1, 0.15) is 13.2 Å². The maximum atomic E-state index is 12.8. The van der Waals surface area contributed by atoms with Crippen molar-refractivity contribution >= 4 is 17.9 Å². The Balaban J connectivity index is 3.90. The number of nitrogens with zero attached hydrogens (tertiary/aromatic N) is 1. The van der Waals surface area contributed by atoms with E-state index >= 15 is 0 Å². The number of ether oxygens (including phenoxy) is 4. The van der Waals surface area contributed by atoms with Gasteiger partial charge in [-0.25, -0.2) is 0 Å². The average Bonchev–Trinajstić information content (AvgIpc) is 3.38. The summed E-state index contributed by atoms with van der Waals surface area (Å²) in [7, 11) is 5.92. The Labute approximate surface area is 463 Å². The summed E-state index contributed by atoms with van der Waals surface area (Å²) >= 11 is 0. The number of quaternary nitrogens is 1. The Hall–Kier alpha value is -3.01. The second-order valence-electron chi connectivity index (χ2n) is 22.3. The number of carboxylic acids is 1. The molecule has 0 aromatic carbocycles. The molecule has 0 bridgehead atoms. The monoisotopic (exact) mass is 1050 g/mol. The van der Waals surface area contributed by atoms with Crippen LogP contribution in [0, 0.1) is 0 Å². The van der Waals surface area contributed by atoms with E-state index in [0.717, 1.165) is 83.5 Å². The van der Waals surface area contributed by atoms with Crippen LogP contribution in [-0.4, -0.2) is 82.3 Å². The van der Waals surface area contributed by atoms with Gasteiger partial charge < -0.3 is 33.3 Å². The molecule has 75 heavy (non-hydrogen) atoms. The summed E-state index contributed by atoms with van der Waals surface area (Å²) in [5, 5.41) is 11.7. The van der Waals surface area contributed by atoms with Gasteiger partial charge in [-0.2, -0.15) is 0 Å². The molecule has 0 saturated carbocycles. The summed E-state index contributed by atoms with van der Waals surface area (Å²) < 4.78 is 22.6. The summed E-state index contributed by atoms with van der Waals surface area (Å²) in [4.78, 5) is 37.2. The van der Waals surface area contributed by atoms with Crippen molar-refractivity contribution in [2.75, 3.05) is 47.5 Å². The van der Waals surface area contributed by atoms with Gasteiger partial charge >= 0.3 is 11.9 Å². The van der Waals surface area contributed by atoms with Gasteiger partial charge in [0.25, 0.3) is 0 Å². The van der Waals surface area contributed by atoms with E-state index in [0.29, 0.717) is 17.4 Å². The van der Waals surface area contributed by atoms with E-state index in [1.807, 2.05) is 21.1 Å². The highest BCUT2D eigenvalue weighted by molar-refractivity contribution is 5.70. The molecule has 0 aliphatic rings. The van der Waals surface area contributed by atoms with Gasteiger partial charge in [-0.15, -0.1) is 0 Å². The number of hydrogen-bond donors (Lipinski definition) is 0. The average molecular weight is 1050 g/mol. The molecule has 436 valence electrons. The van der Waals surface area contributed by atoms with Crippen molar-refractivity contribution in [3.05, 3.63) is 60.8 Å². The third-order valence-corrected chi connectivity index (χ3v) is 13.7. The second-order valence-corrected chi connectivity index (χ2v) is 22.3. The van der Waals surface area contributed by atoms with Gasteiger partial charge in [0.05, 0.1) is 40.3 Å². The Morgan fingerprint density at radius 1 is 0.413 bits per heavy atom. The largest absolute Gasteiger partial charge is 0.545 e. The predicted molar refractivity (Wildman–Crippen MR) is 315 cm³/mol. The highest BCUT2D eigenvalue weighted by Crippen LogP contribution is 2.17. The summed E-state index contributed by atoms with van der Waals surface area (Å²) in [5.41, 5.74) is 0. The molecular formula is C66H119NO8. The van der Waals surface area contributed by atoms with E-state index in [1.165, 1.54) is 167 Å². The Kier molecular flexibility index (Phi) is 54.9. The summed E-state index contributed by atoms with van der Waals surface area (Å²) in [6.07, 6.45) is 70.4. The fourth-order valence-corrected chi connectivity index (χ4v) is 8.92. The van der Waals surface area contributed by atoms with Gasteiger partial charge in [0.2, 0.25) is 0 Å². The van der Waals surface area contributed by atoms with Crippen LogP contribution < -0.4 is 5.11 Å². The highest BCUT2D eigenvalue weighted by Gasteiger charge is 2.22. The van der Waals surface area contributed by atoms with Crippen LogP contribution in [0.4, 0.5) is 0 Å². The zero-order chi connectivity index (χ0) is 54.8. The van der Waals surface area contributed by atoms with Crippen LogP contribution in [-0.2, 0) is 33.3 Å². The smallest absolute Gasteiger partial charge is 0.306 e. The fourth-order valence-electron chi connectivity index (χ4n) is 8.92. The first-order valence-corrected chi connectivity index (χ1v) is 31.4. The van der Waals surface area contributed by atoms with Crippen molar-refractivity contribution in [2.24, 2.45) is 0 Å². The minimum absolute atomic E-state index is 0.148. The predicted octanol–water partition coefficient (Wildman–Crippen LogP) is 17.5. The number of allylic oxidation sites excluding steroid dienone is 10. The third kappa shape index (κ3) is 58.5. The third-order valence-electron chi connectivity index (χ3n) is 13.7. The van der Waals surface area contributed by atoms with Crippen molar-refractivity contribution in [1.82, 2.24) is 0 Å². The quantitative estimate of drug-likeness (QED) is 0.0195. The van der Waals surface area contributed by atoms with Crippen molar-refractivity contribution in [2.45, 2.75) is 296 Å². The van der Waals surface area contributed by atoms with Crippen molar-refractivity contribution in [3.8, 4) is 0 Å². The first-order chi connectivity index (χ1) is 36.6. The minimum Gasteiger partial charge on any atom is -0.545 e. The number of carbonyl (C=O) groups excluding carboxylic acids is 3. The van der Waals surface area contributed by atoms with E-state index in [1.54, 1.807) is 0 Å². The number of hydrogen-bond acceptors (Lipinski definition) is 8. The van der Waals surface area contributed by atoms with E-state index < -0.39 is 24.3 Å². The van der Waals surface area contributed by atoms with Crippen molar-refractivity contribution < 1.29 is 42.9 Å². The number of aliphatic carboxylic acids is 1. The van der Waals surface area contributed by atoms with Gasteiger partial charge in [-0.05, 0) is 70.6 Å². The van der Waals surface area contributed by atoms with Gasteiger partial charge in [-0.1, -0.05) is 261 Å². The lowest BCUT2D eigenvalue weighted by Gasteiger charge is -2.26. The Bertz CT molecular complexity index is 1410. The molecule has 9 heteroatoms. The molecule has 2 atom stereocenters. The molecule has 0 radical (unpaired) electrons. The SMILES string of the molecule is CC/C=C\C/C=C\C/C=C\C/C=C\CCCCCCCCCCCCCCCCCCCCCCCCCCCCC(=O)OC(COC(=O)CCCCCCC/C=C\CCCC)COC(OCC[N+](C)(C)C)C(=O)[O-]. The fraction of sp³-hybridized carbons (Fsp3) is 0.803. The summed E-state index contributed by atoms with van der Waals surface area (Å²) in [5.74, 6) is -2.28. The van der Waals surface area contributed by atoms with Crippen LogP contribution in [0.3, 0.4) is 0 Å². The van der Waals surface area contributed by atoms with E-state index in [2.05, 4.69) is 74.6 Å². The molecule has 0 heterocycles. The lowest BCUT2D eigenvalue weighted by Crippen LogP contribution is -2.44. The lowest BCUT2D eigenvalue weighted by atomic mass is 10.0. The molecule has 2 unspecified atom stereocenters. The van der Waals surface area contributed by atoms with E-state index in [-0.39, 0.29) is 38.6 Å². The lowest BCUT2D eigenvalue weighted by molar-refractivity contribution is -0.870. The number of likely N-dealkylation sites (N-methyl/N-ethyl adjacent to an activating group) is 1. The maximum Gasteiger partial charge on any atom is 0.306 e. The number of unbranched alkanes of at least 4 members (excludes halogenated alkanes) is 33. The number of carboxylic acid groups (broad SMARTS) is 1. The molecule has 0 aliphatic carbocycles. The molecule has 0 saturated heterocycles. The molecule has 9 nitrogen and oxygen atoms in total. The summed E-state index contributed by atoms with van der Waals surface area (Å²) in [6.45, 7) is 4.60. The molecule has 0 N–H and O–H groups in total. The molecule has 0 amide bonds. The Morgan fingerprint density at radius 2 is 0.760 bits per heavy atom. The van der Waals surface area contributed by atoms with Crippen LogP contribution in [0.15, 0.2) is 60.8 Å². The maximum absolute atomic E-state index is 12.8. The normalized spacial score (nSPS) is 13.1. The van der Waals surface area contributed by atoms with Gasteiger partial charge in [0.15, 0.2) is 12.4 Å². The van der Waals surface area contributed by atoms with Crippen LogP contribution in [0.25, 0.3) is 0 Å². The van der Waals surface area contributed by atoms with Crippen LogP contribution in [0.2, 0.25) is 0 Å². The number of esters is 2. The summed E-state index contributed by atoms with van der Waals surface area (Å²) in [6, 6.07) is 0.